The fourth-order valence-corrected chi connectivity index (χ4v) is 4.99. The molecule has 9 heteroatoms. The van der Waals surface area contributed by atoms with E-state index in [4.69, 9.17) is 19.2 Å². The summed E-state index contributed by atoms with van der Waals surface area (Å²) in [4.78, 5) is 18.8. The Morgan fingerprint density at radius 1 is 1.11 bits per heavy atom. The minimum atomic E-state index is -1.12. The average molecular weight is 513 g/mol. The molecular weight excluding hydrogens is 484 g/mol. The van der Waals surface area contributed by atoms with Gasteiger partial charge in [-0.3, -0.25) is 4.90 Å². The van der Waals surface area contributed by atoms with Crippen LogP contribution in [0.2, 0.25) is 0 Å². The summed E-state index contributed by atoms with van der Waals surface area (Å²) in [5.74, 6) is 0.196. The fraction of sp³-hybridized carbons (Fsp3) is 0.276. The second kappa shape index (κ2) is 9.92. The number of aryl methyl sites for hydroxylation is 1. The zero-order valence-corrected chi connectivity index (χ0v) is 21.3. The Kier molecular flexibility index (Phi) is 6.30. The van der Waals surface area contributed by atoms with Crippen LogP contribution in [0.3, 0.4) is 0 Å². The highest BCUT2D eigenvalue weighted by atomic mass is 16.5. The molecule has 2 aliphatic heterocycles. The second-order valence-electron chi connectivity index (χ2n) is 9.61. The summed E-state index contributed by atoms with van der Waals surface area (Å²) in [6.45, 7) is 6.02. The van der Waals surface area contributed by atoms with Crippen LogP contribution < -0.4 is 9.47 Å². The number of hydrogen-bond acceptors (Lipinski definition) is 7. The minimum absolute atomic E-state index is 0.0298. The van der Waals surface area contributed by atoms with Crippen LogP contribution in [0.25, 0.3) is 17.1 Å². The van der Waals surface area contributed by atoms with E-state index in [0.717, 1.165) is 48.7 Å². The molecule has 0 atom stereocenters. The van der Waals surface area contributed by atoms with Crippen LogP contribution in [0.1, 0.15) is 32.6 Å². The molecule has 6 rings (SSSR count). The first-order valence-corrected chi connectivity index (χ1v) is 12.5. The topological polar surface area (TPSA) is 98.9 Å². The fourth-order valence-electron chi connectivity index (χ4n) is 4.99. The molecule has 0 radical (unpaired) electrons. The standard InChI is InChI=1S/C29H28N4O5/c1-18-5-3-6-23(25-7-4-8-26(31-25)33-28(36-2)24(12-30-33)29(34)35)27(18)38-15-19-9-10-20-13-32(14-21(20)11-19)22-16-37-17-22/h3-12,22H,13-17H2,1-2H3,(H,34,35). The van der Waals surface area contributed by atoms with Gasteiger partial charge in [-0.05, 0) is 47.4 Å². The molecule has 4 aromatic rings. The summed E-state index contributed by atoms with van der Waals surface area (Å²) >= 11 is 0. The number of benzene rings is 2. The Morgan fingerprint density at radius 2 is 1.92 bits per heavy atom. The van der Waals surface area contributed by atoms with Crippen LogP contribution in [0.15, 0.2) is 60.8 Å². The van der Waals surface area contributed by atoms with Gasteiger partial charge >= 0.3 is 5.97 Å². The Balaban J connectivity index is 1.25. The number of methoxy groups -OCH3 is 1. The largest absolute Gasteiger partial charge is 0.488 e. The Bertz CT molecular complexity index is 1510. The molecule has 2 aromatic heterocycles. The van der Waals surface area contributed by atoms with Crippen LogP contribution in [-0.4, -0.2) is 57.1 Å². The molecule has 0 spiro atoms. The van der Waals surface area contributed by atoms with Crippen molar-refractivity contribution in [1.82, 2.24) is 19.7 Å². The van der Waals surface area contributed by atoms with Crippen molar-refractivity contribution in [3.05, 3.63) is 88.6 Å². The zero-order valence-electron chi connectivity index (χ0n) is 21.3. The number of pyridine rings is 1. The molecule has 0 saturated carbocycles. The number of hydrogen-bond donors (Lipinski definition) is 1. The number of carboxylic acids is 1. The molecule has 194 valence electrons. The van der Waals surface area contributed by atoms with E-state index >= 15 is 0 Å². The maximum absolute atomic E-state index is 11.5. The van der Waals surface area contributed by atoms with Gasteiger partial charge in [0.15, 0.2) is 5.82 Å². The first-order chi connectivity index (χ1) is 18.5. The number of rotatable bonds is 8. The normalized spacial score (nSPS) is 15.2. The third kappa shape index (κ3) is 4.40. The summed E-state index contributed by atoms with van der Waals surface area (Å²) in [5.41, 5.74) is 6.34. The zero-order chi connectivity index (χ0) is 26.2. The highest BCUT2D eigenvalue weighted by Crippen LogP contribution is 2.34. The van der Waals surface area contributed by atoms with Crippen molar-refractivity contribution in [2.24, 2.45) is 0 Å². The van der Waals surface area contributed by atoms with E-state index in [-0.39, 0.29) is 11.4 Å². The van der Waals surface area contributed by atoms with E-state index in [1.165, 1.54) is 29.1 Å². The number of fused-ring (bicyclic) bond motifs is 1. The van der Waals surface area contributed by atoms with Crippen LogP contribution in [0.5, 0.6) is 11.6 Å². The molecule has 0 amide bonds. The number of carboxylic acid groups (broad SMARTS) is 1. The second-order valence-corrected chi connectivity index (χ2v) is 9.61. The van der Waals surface area contributed by atoms with Gasteiger partial charge in [0.25, 0.3) is 0 Å². The number of ether oxygens (including phenoxy) is 3. The van der Waals surface area contributed by atoms with Crippen molar-refractivity contribution in [2.75, 3.05) is 20.3 Å². The lowest BCUT2D eigenvalue weighted by Gasteiger charge is -2.34. The first kappa shape index (κ1) is 24.1. The van der Waals surface area contributed by atoms with Gasteiger partial charge in [0.1, 0.15) is 17.9 Å². The van der Waals surface area contributed by atoms with E-state index in [2.05, 4.69) is 28.2 Å². The summed E-state index contributed by atoms with van der Waals surface area (Å²) < 4.78 is 18.5. The van der Waals surface area contributed by atoms with E-state index in [1.807, 2.05) is 37.3 Å². The molecule has 1 fully saturated rings. The molecule has 38 heavy (non-hydrogen) atoms. The van der Waals surface area contributed by atoms with Gasteiger partial charge in [0.2, 0.25) is 5.88 Å². The number of carbonyl (C=O) groups is 1. The van der Waals surface area contributed by atoms with E-state index in [1.54, 1.807) is 6.07 Å². The minimum Gasteiger partial charge on any atom is -0.488 e. The molecule has 2 aliphatic rings. The quantitative estimate of drug-likeness (QED) is 0.374. The van der Waals surface area contributed by atoms with Gasteiger partial charge in [-0.15, -0.1) is 0 Å². The lowest BCUT2D eigenvalue weighted by Crippen LogP contribution is -2.46. The Hall–Kier alpha value is -4.21. The van der Waals surface area contributed by atoms with Crippen molar-refractivity contribution >= 4 is 5.97 Å². The highest BCUT2D eigenvalue weighted by Gasteiger charge is 2.30. The van der Waals surface area contributed by atoms with Gasteiger partial charge in [0.05, 0.1) is 38.3 Å². The molecule has 1 N–H and O–H groups in total. The predicted molar refractivity (Wildman–Crippen MR) is 140 cm³/mol. The van der Waals surface area contributed by atoms with Crippen LogP contribution in [-0.2, 0) is 24.4 Å². The van der Waals surface area contributed by atoms with Crippen LogP contribution in [0.4, 0.5) is 0 Å². The van der Waals surface area contributed by atoms with Crippen molar-refractivity contribution in [3.63, 3.8) is 0 Å². The van der Waals surface area contributed by atoms with Gasteiger partial charge < -0.3 is 19.3 Å². The highest BCUT2D eigenvalue weighted by molar-refractivity contribution is 5.90. The number of aromatic nitrogens is 3. The van der Waals surface area contributed by atoms with Crippen molar-refractivity contribution in [1.29, 1.82) is 0 Å². The van der Waals surface area contributed by atoms with Gasteiger partial charge in [0, 0.05) is 18.7 Å². The van der Waals surface area contributed by atoms with Crippen molar-refractivity contribution in [3.8, 4) is 28.7 Å². The first-order valence-electron chi connectivity index (χ1n) is 12.5. The third-order valence-corrected chi connectivity index (χ3v) is 7.13. The number of nitrogens with zero attached hydrogens (tertiary/aromatic N) is 4. The lowest BCUT2D eigenvalue weighted by molar-refractivity contribution is -0.0669. The molecule has 0 unspecified atom stereocenters. The molecule has 0 aliphatic carbocycles. The van der Waals surface area contributed by atoms with E-state index in [0.29, 0.717) is 24.2 Å². The monoisotopic (exact) mass is 512 g/mol. The molecular formula is C29H28N4O5. The smallest absolute Gasteiger partial charge is 0.342 e. The summed E-state index contributed by atoms with van der Waals surface area (Å²) in [6.07, 6.45) is 1.26. The SMILES string of the molecule is COc1c(C(=O)O)cnn1-c1cccc(-c2cccc(C)c2OCc2ccc3c(c2)CN(C2COC2)C3)n1. The molecule has 1 saturated heterocycles. The third-order valence-electron chi connectivity index (χ3n) is 7.13. The van der Waals surface area contributed by atoms with Crippen molar-refractivity contribution in [2.45, 2.75) is 32.7 Å². The maximum Gasteiger partial charge on any atom is 0.342 e. The van der Waals surface area contributed by atoms with E-state index < -0.39 is 5.97 Å². The predicted octanol–water partition coefficient (Wildman–Crippen LogP) is 4.24. The van der Waals surface area contributed by atoms with Crippen LogP contribution in [0, 0.1) is 6.92 Å². The van der Waals surface area contributed by atoms with Gasteiger partial charge in [-0.1, -0.05) is 36.4 Å². The number of para-hydroxylation sites is 1. The molecule has 9 nitrogen and oxygen atoms in total. The van der Waals surface area contributed by atoms with E-state index in [9.17, 15) is 9.90 Å². The summed E-state index contributed by atoms with van der Waals surface area (Å²) in [5, 5.41) is 13.6. The van der Waals surface area contributed by atoms with Crippen molar-refractivity contribution < 1.29 is 24.1 Å². The van der Waals surface area contributed by atoms with Crippen LogP contribution >= 0.6 is 0 Å². The lowest BCUT2D eigenvalue weighted by atomic mass is 10.1. The number of aromatic carboxylic acids is 1. The molecule has 0 bridgehead atoms. The average Bonchev–Trinajstić information content (AvgIpc) is 3.50. The summed E-state index contributed by atoms with van der Waals surface area (Å²) in [7, 11) is 1.41. The van der Waals surface area contributed by atoms with Gasteiger partial charge in [-0.2, -0.15) is 9.78 Å². The molecule has 2 aromatic carbocycles. The Labute approximate surface area is 220 Å². The molecule has 4 heterocycles. The Morgan fingerprint density at radius 3 is 2.68 bits per heavy atom. The summed E-state index contributed by atoms with van der Waals surface area (Å²) in [6, 6.07) is 18.6. The maximum atomic E-state index is 11.5. The van der Waals surface area contributed by atoms with Gasteiger partial charge in [-0.25, -0.2) is 9.78 Å².